The summed E-state index contributed by atoms with van der Waals surface area (Å²) >= 11 is 0. The van der Waals surface area contributed by atoms with Gasteiger partial charge >= 0.3 is 6.03 Å². The summed E-state index contributed by atoms with van der Waals surface area (Å²) in [5.74, 6) is -0.440. The van der Waals surface area contributed by atoms with Crippen LogP contribution in [0.1, 0.15) is 12.8 Å². The maximum atomic E-state index is 14.2. The first-order chi connectivity index (χ1) is 9.58. The Morgan fingerprint density at radius 2 is 2.35 bits per heavy atom. The molecule has 0 aliphatic carbocycles. The molecule has 0 saturated carbocycles. The Hall–Kier alpha value is -2.15. The van der Waals surface area contributed by atoms with Crippen LogP contribution in [-0.2, 0) is 0 Å². The lowest BCUT2D eigenvalue weighted by Gasteiger charge is -2.33. The van der Waals surface area contributed by atoms with Gasteiger partial charge < -0.3 is 16.4 Å². The van der Waals surface area contributed by atoms with Crippen LogP contribution >= 0.6 is 0 Å². The third kappa shape index (κ3) is 2.00. The van der Waals surface area contributed by atoms with Crippen molar-refractivity contribution in [2.75, 3.05) is 18.0 Å². The van der Waals surface area contributed by atoms with Crippen molar-refractivity contribution in [3.05, 3.63) is 24.3 Å². The number of hydrogen-bond donors (Lipinski definition) is 2. The highest BCUT2D eigenvalue weighted by Crippen LogP contribution is 2.30. The molecule has 20 heavy (non-hydrogen) atoms. The summed E-state index contributed by atoms with van der Waals surface area (Å²) in [6, 6.07) is 2.22. The van der Waals surface area contributed by atoms with Gasteiger partial charge in [-0.25, -0.2) is 14.2 Å². The molecule has 0 unspecified atom stereocenters. The number of aromatic nitrogens is 2. The van der Waals surface area contributed by atoms with E-state index in [0.717, 1.165) is 30.2 Å². The number of hydrogen-bond acceptors (Lipinski definition) is 4. The summed E-state index contributed by atoms with van der Waals surface area (Å²) in [6.45, 7) is 1.30. The lowest BCUT2D eigenvalue weighted by atomic mass is 10.1. The van der Waals surface area contributed by atoms with E-state index in [1.165, 1.54) is 6.20 Å². The second kappa shape index (κ2) is 4.75. The second-order valence-electron chi connectivity index (χ2n) is 4.98. The topological polar surface area (TPSA) is 90.2 Å². The van der Waals surface area contributed by atoms with Crippen molar-refractivity contribution in [3.63, 3.8) is 0 Å². The largest absolute Gasteiger partial charge is 0.367 e. The molecule has 3 heterocycles. The second-order valence-corrected chi connectivity index (χ2v) is 4.98. The average Bonchev–Trinajstić information content (AvgIpc) is 2.82. The zero-order valence-corrected chi connectivity index (χ0v) is 10.8. The average molecular weight is 276 g/mol. The van der Waals surface area contributed by atoms with Crippen molar-refractivity contribution >= 4 is 22.8 Å². The van der Waals surface area contributed by atoms with Crippen molar-refractivity contribution in [3.8, 4) is 0 Å². The van der Waals surface area contributed by atoms with Crippen LogP contribution in [0.5, 0.6) is 0 Å². The minimum Gasteiger partial charge on any atom is -0.367 e. The van der Waals surface area contributed by atoms with Gasteiger partial charge in [-0.05, 0) is 12.8 Å². The molecule has 1 radical (unpaired) electrons. The van der Waals surface area contributed by atoms with Gasteiger partial charge in [-0.2, -0.15) is 0 Å². The van der Waals surface area contributed by atoms with Crippen molar-refractivity contribution in [1.82, 2.24) is 9.55 Å². The first-order valence-corrected chi connectivity index (χ1v) is 6.45. The van der Waals surface area contributed by atoms with Crippen molar-refractivity contribution in [2.45, 2.75) is 18.9 Å². The fraction of sp³-hybridized carbons (Fsp3) is 0.385. The minimum atomic E-state index is -0.670. The number of nitrogens with two attached hydrogens (primary N) is 2. The molecule has 1 aliphatic heterocycles. The van der Waals surface area contributed by atoms with Crippen LogP contribution < -0.4 is 16.4 Å². The van der Waals surface area contributed by atoms with Gasteiger partial charge in [-0.3, -0.25) is 4.57 Å². The number of halogens is 1. The molecular weight excluding hydrogens is 261 g/mol. The van der Waals surface area contributed by atoms with E-state index in [2.05, 4.69) is 11.1 Å². The molecule has 0 spiro atoms. The maximum absolute atomic E-state index is 14.2. The number of piperidine rings is 1. The Morgan fingerprint density at radius 3 is 3.05 bits per heavy atom. The predicted molar refractivity (Wildman–Crippen MR) is 72.9 cm³/mol. The zero-order valence-electron chi connectivity index (χ0n) is 10.8. The SMILES string of the molecule is NC(=O)n1c[c]c2c(N3CCC[C@@H](N)C3)c(F)cnc21. The highest BCUT2D eigenvalue weighted by molar-refractivity contribution is 5.95. The molecular formula is C13H15FN5O. The van der Waals surface area contributed by atoms with Gasteiger partial charge in [0, 0.05) is 31.4 Å². The summed E-state index contributed by atoms with van der Waals surface area (Å²) < 4.78 is 15.3. The smallest absolute Gasteiger partial charge is 0.324 e. The molecule has 2 aromatic heterocycles. The predicted octanol–water partition coefficient (Wildman–Crippen LogP) is 0.830. The van der Waals surface area contributed by atoms with Gasteiger partial charge in [0.1, 0.15) is 0 Å². The number of fused-ring (bicyclic) bond motifs is 1. The van der Waals surface area contributed by atoms with Crippen molar-refractivity contribution in [1.29, 1.82) is 0 Å². The van der Waals surface area contributed by atoms with Gasteiger partial charge in [-0.15, -0.1) is 0 Å². The van der Waals surface area contributed by atoms with Crippen LogP contribution in [0, 0.1) is 11.9 Å². The first kappa shape index (κ1) is 12.9. The number of primary amides is 1. The lowest BCUT2D eigenvalue weighted by Crippen LogP contribution is -2.43. The Morgan fingerprint density at radius 1 is 1.55 bits per heavy atom. The van der Waals surface area contributed by atoms with E-state index in [1.807, 2.05) is 4.90 Å². The van der Waals surface area contributed by atoms with Crippen LogP contribution in [-0.4, -0.2) is 34.7 Å². The molecule has 2 aromatic rings. The molecule has 0 aromatic carbocycles. The first-order valence-electron chi connectivity index (χ1n) is 6.45. The molecule has 0 bridgehead atoms. The third-order valence-corrected chi connectivity index (χ3v) is 3.56. The van der Waals surface area contributed by atoms with Gasteiger partial charge in [-0.1, -0.05) is 0 Å². The van der Waals surface area contributed by atoms with E-state index in [0.29, 0.717) is 23.3 Å². The van der Waals surface area contributed by atoms with E-state index in [9.17, 15) is 9.18 Å². The molecule has 1 amide bonds. The number of carbonyl (C=O) groups is 1. The lowest BCUT2D eigenvalue weighted by molar-refractivity contribution is 0.251. The Bertz CT molecular complexity index is 668. The van der Waals surface area contributed by atoms with E-state index in [4.69, 9.17) is 11.5 Å². The van der Waals surface area contributed by atoms with Crippen LogP contribution in [0.4, 0.5) is 14.9 Å². The van der Waals surface area contributed by atoms with Gasteiger partial charge in [0.15, 0.2) is 11.5 Å². The molecule has 3 rings (SSSR count). The van der Waals surface area contributed by atoms with Crippen LogP contribution in [0.2, 0.25) is 0 Å². The number of rotatable bonds is 1. The maximum Gasteiger partial charge on any atom is 0.324 e. The summed E-state index contributed by atoms with van der Waals surface area (Å²) in [7, 11) is 0. The van der Waals surface area contributed by atoms with E-state index >= 15 is 0 Å². The van der Waals surface area contributed by atoms with Gasteiger partial charge in [0.2, 0.25) is 0 Å². The number of nitrogens with zero attached hydrogens (tertiary/aromatic N) is 3. The van der Waals surface area contributed by atoms with Crippen molar-refractivity contribution < 1.29 is 9.18 Å². The van der Waals surface area contributed by atoms with E-state index in [-0.39, 0.29) is 6.04 Å². The van der Waals surface area contributed by atoms with Gasteiger partial charge in [0.25, 0.3) is 0 Å². The Balaban J connectivity index is 2.14. The Kier molecular flexibility index (Phi) is 3.06. The highest BCUT2D eigenvalue weighted by Gasteiger charge is 2.23. The number of anilines is 1. The number of carbonyl (C=O) groups excluding carboxylic acids is 1. The van der Waals surface area contributed by atoms with Gasteiger partial charge in [0.05, 0.1) is 17.3 Å². The van der Waals surface area contributed by atoms with Crippen molar-refractivity contribution in [2.24, 2.45) is 11.5 Å². The molecule has 4 N–H and O–H groups in total. The molecule has 1 saturated heterocycles. The fourth-order valence-electron chi connectivity index (χ4n) is 2.66. The quantitative estimate of drug-likeness (QED) is 0.807. The normalized spacial score (nSPS) is 19.5. The van der Waals surface area contributed by atoms with Crippen LogP contribution in [0.25, 0.3) is 11.0 Å². The standard InChI is InChI=1S/C13H15FN5O/c14-10-6-17-12-9(3-5-19(12)13(16)20)11(10)18-4-1-2-8(15)7-18/h5-6,8H,1-2,4,7,15H2,(H2,16,20)/t8-/m1/s1. The molecule has 7 heteroatoms. The zero-order chi connectivity index (χ0) is 14.3. The summed E-state index contributed by atoms with van der Waals surface area (Å²) in [6.07, 6.45) is 4.32. The monoisotopic (exact) mass is 276 g/mol. The van der Waals surface area contributed by atoms with Crippen LogP contribution in [0.3, 0.4) is 0 Å². The third-order valence-electron chi connectivity index (χ3n) is 3.56. The fourth-order valence-corrected chi connectivity index (χ4v) is 2.66. The summed E-state index contributed by atoms with van der Waals surface area (Å²) in [5.41, 5.74) is 11.9. The van der Waals surface area contributed by atoms with Crippen LogP contribution in [0.15, 0.2) is 12.4 Å². The molecule has 1 aliphatic rings. The van der Waals surface area contributed by atoms with E-state index < -0.39 is 11.8 Å². The highest BCUT2D eigenvalue weighted by atomic mass is 19.1. The van der Waals surface area contributed by atoms with E-state index in [1.54, 1.807) is 0 Å². The number of amides is 1. The minimum absolute atomic E-state index is 0.0181. The summed E-state index contributed by atoms with van der Waals surface area (Å²) in [4.78, 5) is 17.1. The molecule has 6 nitrogen and oxygen atoms in total. The molecule has 1 fully saturated rings. The Labute approximate surface area is 115 Å². The molecule has 1 atom stereocenters. The summed E-state index contributed by atoms with van der Waals surface area (Å²) in [5, 5.41) is 0.456. The molecule has 105 valence electrons. The number of pyridine rings is 1.